The van der Waals surface area contributed by atoms with E-state index in [4.69, 9.17) is 14.0 Å². The van der Waals surface area contributed by atoms with E-state index in [9.17, 15) is 4.39 Å². The molecular weight excluding hydrogens is 471 g/mol. The first-order valence-electron chi connectivity index (χ1n) is 11.3. The highest BCUT2D eigenvalue weighted by atomic mass is 32.2. The predicted octanol–water partition coefficient (Wildman–Crippen LogP) is 3.77. The van der Waals surface area contributed by atoms with Crippen LogP contribution in [-0.4, -0.2) is 69.8 Å². The van der Waals surface area contributed by atoms with Crippen molar-refractivity contribution >= 4 is 11.8 Å². The Bertz CT molecular complexity index is 1260. The number of hydrogen-bond acceptors (Lipinski definition) is 9. The van der Waals surface area contributed by atoms with Crippen LogP contribution in [0.2, 0.25) is 0 Å². The van der Waals surface area contributed by atoms with Crippen molar-refractivity contribution in [1.82, 2.24) is 29.8 Å². The van der Waals surface area contributed by atoms with Crippen LogP contribution in [0.3, 0.4) is 0 Å². The number of ether oxygens (including phenoxy) is 2. The second-order valence-corrected chi connectivity index (χ2v) is 8.89. The van der Waals surface area contributed by atoms with Gasteiger partial charge in [-0.3, -0.25) is 4.90 Å². The molecule has 182 valence electrons. The number of halogens is 1. The average Bonchev–Trinajstić information content (AvgIpc) is 3.54. The smallest absolute Gasteiger partial charge is 0.237 e. The zero-order chi connectivity index (χ0) is 24.0. The first-order valence-corrected chi connectivity index (χ1v) is 12.3. The van der Waals surface area contributed by atoms with E-state index in [-0.39, 0.29) is 5.82 Å². The summed E-state index contributed by atoms with van der Waals surface area (Å²) in [5.41, 5.74) is 1.63. The summed E-state index contributed by atoms with van der Waals surface area (Å²) in [5, 5.41) is 13.7. The standard InChI is InChI=1S/C24H25FN6O3S/c1-32-20-4-2-3-18(15-20)22-26-21(34-29-22)16-35-24-28-27-23(17-5-7-19(25)8-6-17)31(24)10-9-30-11-13-33-14-12-30/h2-8,15H,9-14,16H2,1H3. The second kappa shape index (κ2) is 11.0. The molecule has 1 aliphatic heterocycles. The molecule has 0 unspecified atom stereocenters. The molecule has 1 saturated heterocycles. The van der Waals surface area contributed by atoms with E-state index in [1.807, 2.05) is 24.3 Å². The molecule has 0 radical (unpaired) electrons. The van der Waals surface area contributed by atoms with E-state index in [0.29, 0.717) is 29.8 Å². The number of thioether (sulfide) groups is 1. The van der Waals surface area contributed by atoms with Gasteiger partial charge in [-0.05, 0) is 36.4 Å². The average molecular weight is 497 g/mol. The molecule has 0 N–H and O–H groups in total. The molecule has 1 fully saturated rings. The van der Waals surface area contributed by atoms with Crippen molar-refractivity contribution in [3.63, 3.8) is 0 Å². The van der Waals surface area contributed by atoms with Gasteiger partial charge in [0.05, 0.1) is 26.1 Å². The third-order valence-corrected chi connectivity index (χ3v) is 6.64. The number of methoxy groups -OCH3 is 1. The lowest BCUT2D eigenvalue weighted by Crippen LogP contribution is -2.38. The van der Waals surface area contributed by atoms with E-state index in [2.05, 4.69) is 29.8 Å². The van der Waals surface area contributed by atoms with E-state index >= 15 is 0 Å². The van der Waals surface area contributed by atoms with Crippen LogP contribution < -0.4 is 4.74 Å². The maximum atomic E-state index is 13.5. The zero-order valence-electron chi connectivity index (χ0n) is 19.3. The quantitative estimate of drug-likeness (QED) is 0.321. The molecule has 0 bridgehead atoms. The Labute approximate surface area is 206 Å². The molecule has 2 aromatic carbocycles. The van der Waals surface area contributed by atoms with Gasteiger partial charge in [0.1, 0.15) is 11.6 Å². The van der Waals surface area contributed by atoms with Crippen LogP contribution in [0.1, 0.15) is 5.89 Å². The van der Waals surface area contributed by atoms with Gasteiger partial charge in [-0.15, -0.1) is 10.2 Å². The van der Waals surface area contributed by atoms with Gasteiger partial charge in [0.15, 0.2) is 11.0 Å². The number of rotatable bonds is 9. The summed E-state index contributed by atoms with van der Waals surface area (Å²) in [6.07, 6.45) is 0. The minimum absolute atomic E-state index is 0.286. The van der Waals surface area contributed by atoms with Crippen molar-refractivity contribution in [3.05, 3.63) is 60.2 Å². The van der Waals surface area contributed by atoms with Crippen molar-refractivity contribution in [1.29, 1.82) is 0 Å². The Hall–Kier alpha value is -3.28. The van der Waals surface area contributed by atoms with Gasteiger partial charge in [0, 0.05) is 37.3 Å². The Morgan fingerprint density at radius 3 is 2.66 bits per heavy atom. The third kappa shape index (κ3) is 5.69. The van der Waals surface area contributed by atoms with Crippen LogP contribution in [0.25, 0.3) is 22.8 Å². The number of morpholine rings is 1. The highest BCUT2D eigenvalue weighted by Crippen LogP contribution is 2.28. The van der Waals surface area contributed by atoms with Crippen molar-refractivity contribution in [2.75, 3.05) is 40.0 Å². The van der Waals surface area contributed by atoms with E-state index in [1.165, 1.54) is 23.9 Å². The highest BCUT2D eigenvalue weighted by Gasteiger charge is 2.18. The molecular formula is C24H25FN6O3S. The summed E-state index contributed by atoms with van der Waals surface area (Å²) in [6, 6.07) is 13.8. The molecule has 4 aromatic rings. The Balaban J connectivity index is 1.33. The summed E-state index contributed by atoms with van der Waals surface area (Å²) in [7, 11) is 1.62. The minimum atomic E-state index is -0.286. The molecule has 0 spiro atoms. The maximum absolute atomic E-state index is 13.5. The molecule has 35 heavy (non-hydrogen) atoms. The fraction of sp³-hybridized carbons (Fsp3) is 0.333. The second-order valence-electron chi connectivity index (χ2n) is 7.95. The molecule has 0 saturated carbocycles. The molecule has 0 aliphatic carbocycles. The van der Waals surface area contributed by atoms with Crippen molar-refractivity contribution < 1.29 is 18.4 Å². The van der Waals surface area contributed by atoms with Gasteiger partial charge in [-0.25, -0.2) is 4.39 Å². The monoisotopic (exact) mass is 496 g/mol. The van der Waals surface area contributed by atoms with Crippen molar-refractivity contribution in [3.8, 4) is 28.5 Å². The largest absolute Gasteiger partial charge is 0.497 e. The molecule has 5 rings (SSSR count). The van der Waals surface area contributed by atoms with Crippen molar-refractivity contribution in [2.45, 2.75) is 17.5 Å². The van der Waals surface area contributed by atoms with Crippen LogP contribution in [0.15, 0.2) is 58.2 Å². The Kier molecular flexibility index (Phi) is 7.36. The number of nitrogens with zero attached hydrogens (tertiary/aromatic N) is 6. The van der Waals surface area contributed by atoms with Crippen LogP contribution in [-0.2, 0) is 17.0 Å². The maximum Gasteiger partial charge on any atom is 0.237 e. The van der Waals surface area contributed by atoms with Gasteiger partial charge in [-0.1, -0.05) is 29.1 Å². The van der Waals surface area contributed by atoms with Crippen LogP contribution in [0, 0.1) is 5.82 Å². The topological polar surface area (TPSA) is 91.3 Å². The lowest BCUT2D eigenvalue weighted by Gasteiger charge is -2.27. The van der Waals surface area contributed by atoms with Crippen molar-refractivity contribution in [2.24, 2.45) is 0 Å². The number of hydrogen-bond donors (Lipinski definition) is 0. The summed E-state index contributed by atoms with van der Waals surface area (Å²) in [6.45, 7) is 4.80. The molecule has 9 nitrogen and oxygen atoms in total. The normalized spacial score (nSPS) is 14.3. The lowest BCUT2D eigenvalue weighted by atomic mass is 10.2. The fourth-order valence-corrected chi connectivity index (χ4v) is 4.60. The first-order chi connectivity index (χ1) is 17.2. The molecule has 1 aliphatic rings. The third-order valence-electron chi connectivity index (χ3n) is 5.68. The summed E-state index contributed by atoms with van der Waals surface area (Å²) in [5.74, 6) is 2.56. The van der Waals surface area contributed by atoms with E-state index < -0.39 is 0 Å². The lowest BCUT2D eigenvalue weighted by molar-refractivity contribution is 0.0361. The minimum Gasteiger partial charge on any atom is -0.497 e. The molecule has 0 atom stereocenters. The van der Waals surface area contributed by atoms with Crippen LogP contribution >= 0.6 is 11.8 Å². The number of aromatic nitrogens is 5. The van der Waals surface area contributed by atoms with Gasteiger partial charge in [0.25, 0.3) is 0 Å². The summed E-state index contributed by atoms with van der Waals surface area (Å²) < 4.78 is 31.7. The van der Waals surface area contributed by atoms with Gasteiger partial charge in [0.2, 0.25) is 11.7 Å². The Morgan fingerprint density at radius 1 is 1.03 bits per heavy atom. The van der Waals surface area contributed by atoms with Gasteiger partial charge < -0.3 is 18.6 Å². The fourth-order valence-electron chi connectivity index (χ4n) is 3.79. The molecule has 2 aromatic heterocycles. The van der Waals surface area contributed by atoms with Crippen LogP contribution in [0.4, 0.5) is 4.39 Å². The SMILES string of the molecule is COc1cccc(-c2noc(CSc3nnc(-c4ccc(F)cc4)n3CCN3CCOCC3)n2)c1. The van der Waals surface area contributed by atoms with Gasteiger partial charge in [-0.2, -0.15) is 4.98 Å². The van der Waals surface area contributed by atoms with E-state index in [0.717, 1.165) is 54.9 Å². The number of benzene rings is 2. The summed E-state index contributed by atoms with van der Waals surface area (Å²) in [4.78, 5) is 6.87. The molecule has 3 heterocycles. The molecule has 11 heteroatoms. The van der Waals surface area contributed by atoms with E-state index in [1.54, 1.807) is 19.2 Å². The zero-order valence-corrected chi connectivity index (χ0v) is 20.1. The highest BCUT2D eigenvalue weighted by molar-refractivity contribution is 7.98. The van der Waals surface area contributed by atoms with Crippen LogP contribution in [0.5, 0.6) is 5.75 Å². The first kappa shape index (κ1) is 23.5. The molecule has 0 amide bonds. The van der Waals surface area contributed by atoms with Gasteiger partial charge >= 0.3 is 0 Å². The summed E-state index contributed by atoms with van der Waals surface area (Å²) >= 11 is 1.47. The predicted molar refractivity (Wildman–Crippen MR) is 129 cm³/mol. The Morgan fingerprint density at radius 2 is 1.86 bits per heavy atom.